The standard InChI is InChI=1S/C12H16N4OS/c1-4-5-9-7-18-12(13-9)14-11(17)10-6-8(2)15-16(10)3/h6-7H,4-5H2,1-3H3,(H,13,14,17). The Hall–Kier alpha value is -1.69. The highest BCUT2D eigenvalue weighted by atomic mass is 32.1. The molecule has 0 unspecified atom stereocenters. The number of rotatable bonds is 4. The summed E-state index contributed by atoms with van der Waals surface area (Å²) in [7, 11) is 1.76. The maximum absolute atomic E-state index is 12.0. The van der Waals surface area contributed by atoms with Crippen molar-refractivity contribution in [2.75, 3.05) is 5.32 Å². The minimum atomic E-state index is -0.171. The normalized spacial score (nSPS) is 10.6. The number of nitrogens with zero attached hydrogens (tertiary/aromatic N) is 3. The number of nitrogens with one attached hydrogen (secondary N) is 1. The maximum atomic E-state index is 12.0. The van der Waals surface area contributed by atoms with Crippen molar-refractivity contribution in [1.82, 2.24) is 14.8 Å². The molecule has 2 rings (SSSR count). The molecule has 6 heteroatoms. The molecular formula is C12H16N4OS. The summed E-state index contributed by atoms with van der Waals surface area (Å²) in [4.78, 5) is 16.4. The number of carbonyl (C=O) groups is 1. The van der Waals surface area contributed by atoms with E-state index in [1.807, 2.05) is 12.3 Å². The molecule has 2 aromatic rings. The Morgan fingerprint density at radius 1 is 1.56 bits per heavy atom. The third-order valence-electron chi connectivity index (χ3n) is 2.51. The van der Waals surface area contributed by atoms with Crippen molar-refractivity contribution in [3.8, 4) is 0 Å². The second-order valence-electron chi connectivity index (χ2n) is 4.14. The van der Waals surface area contributed by atoms with Gasteiger partial charge in [0.2, 0.25) is 0 Å². The molecule has 1 amide bonds. The van der Waals surface area contributed by atoms with Crippen LogP contribution >= 0.6 is 11.3 Å². The summed E-state index contributed by atoms with van der Waals surface area (Å²) < 4.78 is 1.57. The number of hydrogen-bond acceptors (Lipinski definition) is 4. The third kappa shape index (κ3) is 2.76. The van der Waals surface area contributed by atoms with Crippen LogP contribution in [0.15, 0.2) is 11.4 Å². The first-order chi connectivity index (χ1) is 8.60. The summed E-state index contributed by atoms with van der Waals surface area (Å²) in [6.07, 6.45) is 2.00. The van der Waals surface area contributed by atoms with E-state index in [1.165, 1.54) is 11.3 Å². The zero-order valence-electron chi connectivity index (χ0n) is 10.7. The molecular weight excluding hydrogens is 248 g/mol. The molecule has 96 valence electrons. The van der Waals surface area contributed by atoms with Crippen LogP contribution in [-0.2, 0) is 13.5 Å². The van der Waals surface area contributed by atoms with Gasteiger partial charge in [-0.1, -0.05) is 13.3 Å². The molecule has 0 aliphatic rings. The van der Waals surface area contributed by atoms with E-state index in [0.29, 0.717) is 10.8 Å². The second kappa shape index (κ2) is 5.30. The SMILES string of the molecule is CCCc1csc(NC(=O)c2cc(C)nn2C)n1. The molecule has 0 radical (unpaired) electrons. The zero-order valence-corrected chi connectivity index (χ0v) is 11.5. The first-order valence-electron chi connectivity index (χ1n) is 5.86. The summed E-state index contributed by atoms with van der Waals surface area (Å²) in [6, 6.07) is 1.76. The van der Waals surface area contributed by atoms with Gasteiger partial charge >= 0.3 is 0 Å². The highest BCUT2D eigenvalue weighted by Crippen LogP contribution is 2.17. The van der Waals surface area contributed by atoms with Gasteiger partial charge in [0, 0.05) is 12.4 Å². The molecule has 0 aliphatic heterocycles. The quantitative estimate of drug-likeness (QED) is 0.922. The van der Waals surface area contributed by atoms with Crippen LogP contribution < -0.4 is 5.32 Å². The molecule has 0 atom stereocenters. The maximum Gasteiger partial charge on any atom is 0.275 e. The van der Waals surface area contributed by atoms with Crippen molar-refractivity contribution in [3.05, 3.63) is 28.5 Å². The Kier molecular flexibility index (Phi) is 3.76. The number of aryl methyl sites for hydroxylation is 3. The lowest BCUT2D eigenvalue weighted by Gasteiger charge is -2.01. The molecule has 0 spiro atoms. The number of carbonyl (C=O) groups excluding carboxylic acids is 1. The summed E-state index contributed by atoms with van der Waals surface area (Å²) in [5, 5.41) is 9.57. The van der Waals surface area contributed by atoms with Crippen molar-refractivity contribution in [3.63, 3.8) is 0 Å². The molecule has 1 N–H and O–H groups in total. The lowest BCUT2D eigenvalue weighted by Crippen LogP contribution is -2.15. The summed E-state index contributed by atoms with van der Waals surface area (Å²) in [5.41, 5.74) is 2.40. The Morgan fingerprint density at radius 2 is 2.33 bits per heavy atom. The molecule has 0 bridgehead atoms. The largest absolute Gasteiger partial charge is 0.296 e. The first kappa shape index (κ1) is 12.8. The Labute approximate surface area is 110 Å². The predicted molar refractivity (Wildman–Crippen MR) is 72.0 cm³/mol. The van der Waals surface area contributed by atoms with Crippen molar-refractivity contribution >= 4 is 22.4 Å². The van der Waals surface area contributed by atoms with Gasteiger partial charge in [0.1, 0.15) is 5.69 Å². The highest BCUT2D eigenvalue weighted by Gasteiger charge is 2.13. The monoisotopic (exact) mass is 264 g/mol. The minimum Gasteiger partial charge on any atom is -0.296 e. The van der Waals surface area contributed by atoms with Gasteiger partial charge in [0.05, 0.1) is 11.4 Å². The predicted octanol–water partition coefficient (Wildman–Crippen LogP) is 2.39. The van der Waals surface area contributed by atoms with E-state index in [1.54, 1.807) is 17.8 Å². The van der Waals surface area contributed by atoms with Gasteiger partial charge in [-0.05, 0) is 19.4 Å². The molecule has 0 aliphatic carbocycles. The fraction of sp³-hybridized carbons (Fsp3) is 0.417. The summed E-state index contributed by atoms with van der Waals surface area (Å²) in [6.45, 7) is 3.97. The molecule has 0 aromatic carbocycles. The zero-order chi connectivity index (χ0) is 13.1. The lowest BCUT2D eigenvalue weighted by molar-refractivity contribution is 0.101. The van der Waals surface area contributed by atoms with Crippen LogP contribution in [-0.4, -0.2) is 20.7 Å². The molecule has 2 heterocycles. The number of thiazole rings is 1. The van der Waals surface area contributed by atoms with E-state index in [0.717, 1.165) is 24.2 Å². The van der Waals surface area contributed by atoms with E-state index in [2.05, 4.69) is 22.3 Å². The Balaban J connectivity index is 2.08. The first-order valence-corrected chi connectivity index (χ1v) is 6.74. The molecule has 5 nitrogen and oxygen atoms in total. The van der Waals surface area contributed by atoms with Crippen LogP contribution in [0.2, 0.25) is 0 Å². The minimum absolute atomic E-state index is 0.171. The number of hydrogen-bond donors (Lipinski definition) is 1. The van der Waals surface area contributed by atoms with E-state index < -0.39 is 0 Å². The van der Waals surface area contributed by atoms with Crippen LogP contribution in [0.25, 0.3) is 0 Å². The highest BCUT2D eigenvalue weighted by molar-refractivity contribution is 7.13. The molecule has 18 heavy (non-hydrogen) atoms. The van der Waals surface area contributed by atoms with Crippen LogP contribution in [0.3, 0.4) is 0 Å². The van der Waals surface area contributed by atoms with Gasteiger partial charge < -0.3 is 0 Å². The van der Waals surface area contributed by atoms with Gasteiger partial charge in [-0.15, -0.1) is 11.3 Å². The van der Waals surface area contributed by atoms with Crippen molar-refractivity contribution in [2.24, 2.45) is 7.05 Å². The van der Waals surface area contributed by atoms with Crippen molar-refractivity contribution in [1.29, 1.82) is 0 Å². The average Bonchev–Trinajstić information content (AvgIpc) is 2.86. The average molecular weight is 264 g/mol. The van der Waals surface area contributed by atoms with Gasteiger partial charge in [-0.3, -0.25) is 14.8 Å². The van der Waals surface area contributed by atoms with Gasteiger partial charge in [0.25, 0.3) is 5.91 Å². The number of amides is 1. The Morgan fingerprint density at radius 3 is 2.94 bits per heavy atom. The fourth-order valence-electron chi connectivity index (χ4n) is 1.72. The number of anilines is 1. The van der Waals surface area contributed by atoms with Crippen LogP contribution in [0.1, 0.15) is 35.2 Å². The summed E-state index contributed by atoms with van der Waals surface area (Å²) >= 11 is 1.45. The van der Waals surface area contributed by atoms with Crippen LogP contribution in [0, 0.1) is 6.92 Å². The third-order valence-corrected chi connectivity index (χ3v) is 3.32. The van der Waals surface area contributed by atoms with Gasteiger partial charge in [0.15, 0.2) is 5.13 Å². The van der Waals surface area contributed by atoms with E-state index in [-0.39, 0.29) is 5.91 Å². The van der Waals surface area contributed by atoms with E-state index in [9.17, 15) is 4.79 Å². The molecule has 0 fully saturated rings. The summed E-state index contributed by atoms with van der Waals surface area (Å²) in [5.74, 6) is -0.171. The molecule has 2 aromatic heterocycles. The van der Waals surface area contributed by atoms with Gasteiger partial charge in [-0.25, -0.2) is 4.98 Å². The molecule has 0 saturated heterocycles. The van der Waals surface area contributed by atoms with Gasteiger partial charge in [-0.2, -0.15) is 5.10 Å². The smallest absolute Gasteiger partial charge is 0.275 e. The topological polar surface area (TPSA) is 59.8 Å². The number of aromatic nitrogens is 3. The van der Waals surface area contributed by atoms with Crippen LogP contribution in [0.4, 0.5) is 5.13 Å². The molecule has 0 saturated carbocycles. The Bertz CT molecular complexity index is 558. The van der Waals surface area contributed by atoms with E-state index >= 15 is 0 Å². The van der Waals surface area contributed by atoms with Crippen LogP contribution in [0.5, 0.6) is 0 Å². The van der Waals surface area contributed by atoms with Crippen molar-refractivity contribution < 1.29 is 4.79 Å². The van der Waals surface area contributed by atoms with E-state index in [4.69, 9.17) is 0 Å². The fourth-order valence-corrected chi connectivity index (χ4v) is 2.46. The lowest BCUT2D eigenvalue weighted by atomic mass is 10.3. The second-order valence-corrected chi connectivity index (χ2v) is 5.00. The van der Waals surface area contributed by atoms with Crippen molar-refractivity contribution in [2.45, 2.75) is 26.7 Å².